The van der Waals surface area contributed by atoms with E-state index in [-0.39, 0.29) is 17.7 Å². The molecule has 1 rings (SSSR count). The minimum atomic E-state index is -0.521. The molecule has 0 aliphatic carbocycles. The van der Waals surface area contributed by atoms with Gasteiger partial charge in [-0.3, -0.25) is 4.57 Å². The summed E-state index contributed by atoms with van der Waals surface area (Å²) < 4.78 is 2.42. The highest BCUT2D eigenvalue weighted by molar-refractivity contribution is 5.21. The number of aromatic nitrogens is 3. The number of nitrogens with one attached hydrogen (secondary N) is 1. The summed E-state index contributed by atoms with van der Waals surface area (Å²) in [7, 11) is 3.18. The van der Waals surface area contributed by atoms with Gasteiger partial charge in [0.15, 0.2) is 0 Å². The van der Waals surface area contributed by atoms with Crippen LogP contribution in [0.5, 0.6) is 0 Å². The Morgan fingerprint density at radius 1 is 1.36 bits per heavy atom. The Kier molecular flexibility index (Phi) is 2.73. The van der Waals surface area contributed by atoms with Gasteiger partial charge < -0.3 is 5.32 Å². The van der Waals surface area contributed by atoms with Crippen molar-refractivity contribution in [1.29, 1.82) is 0 Å². The van der Waals surface area contributed by atoms with Gasteiger partial charge in [-0.2, -0.15) is 4.98 Å². The van der Waals surface area contributed by atoms with Crippen molar-refractivity contribution in [2.24, 2.45) is 7.05 Å². The van der Waals surface area contributed by atoms with Gasteiger partial charge in [0.25, 0.3) is 0 Å². The molecule has 1 N–H and O–H groups in total. The predicted molar refractivity (Wildman–Crippen MR) is 53.7 cm³/mol. The molecule has 6 nitrogen and oxygen atoms in total. The largest absolute Gasteiger partial charge is 0.358 e. The molecule has 0 atom stereocenters. The molecule has 0 saturated carbocycles. The summed E-state index contributed by atoms with van der Waals surface area (Å²) >= 11 is 0. The fourth-order valence-electron chi connectivity index (χ4n) is 1.22. The standard InChI is InChI=1S/C8H14N4O2/c1-5(2)12-7(13)10-6(9-3)11(4)8(12)14/h5H,1-4H3,(H,9,10,13). The number of anilines is 1. The lowest BCUT2D eigenvalue weighted by molar-refractivity contribution is 0.506. The topological polar surface area (TPSA) is 68.9 Å². The highest BCUT2D eigenvalue weighted by atomic mass is 16.2. The zero-order chi connectivity index (χ0) is 10.9. The van der Waals surface area contributed by atoms with Crippen LogP contribution in [0.25, 0.3) is 0 Å². The van der Waals surface area contributed by atoms with E-state index in [0.717, 1.165) is 4.57 Å². The van der Waals surface area contributed by atoms with Gasteiger partial charge in [-0.1, -0.05) is 0 Å². The first-order valence-electron chi connectivity index (χ1n) is 4.36. The fraction of sp³-hybridized carbons (Fsp3) is 0.625. The molecule has 0 bridgehead atoms. The minimum Gasteiger partial charge on any atom is -0.358 e. The van der Waals surface area contributed by atoms with Crippen molar-refractivity contribution in [3.8, 4) is 0 Å². The SMILES string of the molecule is CNc1nc(=O)n(C(C)C)c(=O)n1C. The average Bonchev–Trinajstić information content (AvgIpc) is 2.10. The maximum Gasteiger partial charge on any atom is 0.355 e. The van der Waals surface area contributed by atoms with Crippen LogP contribution in [-0.2, 0) is 7.05 Å². The maximum atomic E-state index is 11.7. The highest BCUT2D eigenvalue weighted by Gasteiger charge is 2.10. The molecule has 14 heavy (non-hydrogen) atoms. The van der Waals surface area contributed by atoms with E-state index in [1.165, 1.54) is 4.57 Å². The Morgan fingerprint density at radius 3 is 2.36 bits per heavy atom. The van der Waals surface area contributed by atoms with E-state index in [9.17, 15) is 9.59 Å². The first-order chi connectivity index (χ1) is 6.49. The molecule has 1 aromatic heterocycles. The number of hydrogen-bond donors (Lipinski definition) is 1. The Bertz CT molecular complexity index is 444. The lowest BCUT2D eigenvalue weighted by atomic mass is 10.4. The Labute approximate surface area is 81.2 Å². The summed E-state index contributed by atoms with van der Waals surface area (Å²) in [6.07, 6.45) is 0. The third-order valence-electron chi connectivity index (χ3n) is 1.96. The smallest absolute Gasteiger partial charge is 0.355 e. The summed E-state index contributed by atoms with van der Waals surface area (Å²) in [4.78, 5) is 26.8. The van der Waals surface area contributed by atoms with E-state index in [1.54, 1.807) is 27.9 Å². The van der Waals surface area contributed by atoms with Crippen molar-refractivity contribution in [3.63, 3.8) is 0 Å². The Morgan fingerprint density at radius 2 is 1.93 bits per heavy atom. The van der Waals surface area contributed by atoms with Gasteiger partial charge in [0.05, 0.1) is 0 Å². The van der Waals surface area contributed by atoms with Crippen LogP contribution in [0.15, 0.2) is 9.59 Å². The lowest BCUT2D eigenvalue weighted by Crippen LogP contribution is -2.42. The Balaban J connectivity index is 3.58. The van der Waals surface area contributed by atoms with E-state index < -0.39 is 5.69 Å². The summed E-state index contributed by atoms with van der Waals surface area (Å²) in [6.45, 7) is 3.53. The van der Waals surface area contributed by atoms with Crippen molar-refractivity contribution in [2.45, 2.75) is 19.9 Å². The van der Waals surface area contributed by atoms with E-state index in [4.69, 9.17) is 0 Å². The molecule has 0 spiro atoms. The molecular weight excluding hydrogens is 184 g/mol. The predicted octanol–water partition coefficient (Wildman–Crippen LogP) is -0.435. The number of rotatable bonds is 2. The first-order valence-corrected chi connectivity index (χ1v) is 4.36. The van der Waals surface area contributed by atoms with Crippen LogP contribution < -0.4 is 16.7 Å². The van der Waals surface area contributed by atoms with Crippen LogP contribution in [0.1, 0.15) is 19.9 Å². The molecule has 0 aliphatic heterocycles. The average molecular weight is 198 g/mol. The number of nitrogens with zero attached hydrogens (tertiary/aromatic N) is 3. The first kappa shape index (κ1) is 10.5. The monoisotopic (exact) mass is 198 g/mol. The Hall–Kier alpha value is -1.59. The van der Waals surface area contributed by atoms with Gasteiger partial charge in [0.1, 0.15) is 0 Å². The molecule has 0 aromatic carbocycles. The second kappa shape index (κ2) is 3.65. The van der Waals surface area contributed by atoms with E-state index in [2.05, 4.69) is 10.3 Å². The van der Waals surface area contributed by atoms with Crippen LogP contribution in [-0.4, -0.2) is 21.2 Å². The van der Waals surface area contributed by atoms with Crippen molar-refractivity contribution in [1.82, 2.24) is 14.1 Å². The van der Waals surface area contributed by atoms with E-state index >= 15 is 0 Å². The quantitative estimate of drug-likeness (QED) is 0.699. The molecular formula is C8H14N4O2. The third kappa shape index (κ3) is 1.55. The van der Waals surface area contributed by atoms with Crippen LogP contribution in [0.4, 0.5) is 5.95 Å². The second-order valence-electron chi connectivity index (χ2n) is 3.27. The molecule has 0 fully saturated rings. The molecule has 6 heteroatoms. The molecule has 0 unspecified atom stereocenters. The van der Waals surface area contributed by atoms with Gasteiger partial charge in [-0.05, 0) is 13.8 Å². The molecule has 0 radical (unpaired) electrons. The molecule has 1 heterocycles. The van der Waals surface area contributed by atoms with Crippen LogP contribution >= 0.6 is 0 Å². The summed E-state index contributed by atoms with van der Waals surface area (Å²) in [5.41, 5.74) is -0.878. The molecule has 0 amide bonds. The van der Waals surface area contributed by atoms with Gasteiger partial charge in [0, 0.05) is 20.1 Å². The van der Waals surface area contributed by atoms with Crippen molar-refractivity contribution in [2.75, 3.05) is 12.4 Å². The van der Waals surface area contributed by atoms with Crippen molar-refractivity contribution < 1.29 is 0 Å². The lowest BCUT2D eigenvalue weighted by Gasteiger charge is -2.11. The molecule has 78 valence electrons. The van der Waals surface area contributed by atoms with Gasteiger partial charge in [-0.15, -0.1) is 0 Å². The van der Waals surface area contributed by atoms with Gasteiger partial charge >= 0.3 is 11.4 Å². The zero-order valence-electron chi connectivity index (χ0n) is 8.74. The van der Waals surface area contributed by atoms with Crippen LogP contribution in [0.3, 0.4) is 0 Å². The van der Waals surface area contributed by atoms with Gasteiger partial charge in [0.2, 0.25) is 5.95 Å². The summed E-state index contributed by atoms with van der Waals surface area (Å²) in [5, 5.41) is 2.68. The molecule has 0 aliphatic rings. The van der Waals surface area contributed by atoms with E-state index in [0.29, 0.717) is 0 Å². The van der Waals surface area contributed by atoms with Crippen LogP contribution in [0.2, 0.25) is 0 Å². The third-order valence-corrected chi connectivity index (χ3v) is 1.96. The summed E-state index contributed by atoms with van der Waals surface area (Å²) in [6, 6.07) is -0.181. The minimum absolute atomic E-state index is 0.181. The summed E-state index contributed by atoms with van der Waals surface area (Å²) in [5.74, 6) is 0.275. The normalized spacial score (nSPS) is 10.6. The molecule has 1 aromatic rings. The fourth-order valence-corrected chi connectivity index (χ4v) is 1.22. The second-order valence-corrected chi connectivity index (χ2v) is 3.27. The number of hydrogen-bond acceptors (Lipinski definition) is 4. The van der Waals surface area contributed by atoms with Crippen LogP contribution in [0, 0.1) is 0 Å². The maximum absolute atomic E-state index is 11.7. The molecule has 0 saturated heterocycles. The van der Waals surface area contributed by atoms with Crippen molar-refractivity contribution >= 4 is 5.95 Å². The highest BCUT2D eigenvalue weighted by Crippen LogP contribution is 1.96. The van der Waals surface area contributed by atoms with Gasteiger partial charge in [-0.25, -0.2) is 14.2 Å². The zero-order valence-corrected chi connectivity index (χ0v) is 8.74. The van der Waals surface area contributed by atoms with Crippen molar-refractivity contribution in [3.05, 3.63) is 21.0 Å². The van der Waals surface area contributed by atoms with E-state index in [1.807, 2.05) is 0 Å².